The molecule has 2 nitrogen and oxygen atoms in total. The molecule has 0 fully saturated rings. The number of esters is 1. The van der Waals surface area contributed by atoms with Gasteiger partial charge in [-0.2, -0.15) is 0 Å². The van der Waals surface area contributed by atoms with Crippen LogP contribution in [0.15, 0.2) is 0 Å². The lowest BCUT2D eigenvalue weighted by Crippen LogP contribution is -2.05. The first kappa shape index (κ1) is 12.9. The smallest absolute Gasteiger partial charge is 0.305 e. The largest absolute Gasteiger partial charge is 0.466 e. The Kier molecular flexibility index (Phi) is 10.00. The summed E-state index contributed by atoms with van der Waals surface area (Å²) in [6.45, 7) is 2.73. The van der Waals surface area contributed by atoms with Gasteiger partial charge in [0.2, 0.25) is 0 Å². The predicted octanol–water partition coefficient (Wildman–Crippen LogP) is 3.29. The highest BCUT2D eigenvalue weighted by Gasteiger charge is 2.00. The number of hydrogen-bond acceptors (Lipinski definition) is 2. The predicted molar refractivity (Wildman–Crippen MR) is 58.1 cm³/mol. The van der Waals surface area contributed by atoms with Gasteiger partial charge in [-0.05, 0) is 19.3 Å². The molecule has 0 aromatic carbocycles. The van der Waals surface area contributed by atoms with Gasteiger partial charge in [0.25, 0.3) is 0 Å². The van der Waals surface area contributed by atoms with Gasteiger partial charge in [0.15, 0.2) is 0 Å². The summed E-state index contributed by atoms with van der Waals surface area (Å²) in [6.07, 6.45) is 5.86. The first-order valence-electron chi connectivity index (χ1n) is 5.02. The van der Waals surface area contributed by atoms with Gasteiger partial charge in [-0.25, -0.2) is 0 Å². The molecule has 0 heterocycles. The molecule has 0 unspecified atom stereocenters. The molecule has 0 bridgehead atoms. The van der Waals surface area contributed by atoms with Crippen molar-refractivity contribution in [2.24, 2.45) is 0 Å². The minimum Gasteiger partial charge on any atom is -0.466 e. The van der Waals surface area contributed by atoms with Crippen LogP contribution in [0.2, 0.25) is 0 Å². The van der Waals surface area contributed by atoms with Gasteiger partial charge in [-0.15, -0.1) is 0 Å². The normalized spacial score (nSPS) is 10.0. The second-order valence-corrected chi connectivity index (χ2v) is 3.87. The Bertz CT molecular complexity index is 126. The fourth-order valence-corrected chi connectivity index (χ4v) is 1.37. The summed E-state index contributed by atoms with van der Waals surface area (Å²) in [5.41, 5.74) is 0. The van der Waals surface area contributed by atoms with Gasteiger partial charge in [0.1, 0.15) is 0 Å². The van der Waals surface area contributed by atoms with Gasteiger partial charge in [-0.1, -0.05) is 35.7 Å². The van der Waals surface area contributed by atoms with E-state index in [1.807, 2.05) is 0 Å². The Balaban J connectivity index is 3.11. The molecule has 0 aliphatic heterocycles. The summed E-state index contributed by atoms with van der Waals surface area (Å²) in [6, 6.07) is 0. The van der Waals surface area contributed by atoms with Crippen molar-refractivity contribution < 1.29 is 9.53 Å². The van der Waals surface area contributed by atoms with Crippen molar-refractivity contribution in [2.75, 3.05) is 11.9 Å². The lowest BCUT2D eigenvalue weighted by Gasteiger charge is -2.03. The van der Waals surface area contributed by atoms with E-state index >= 15 is 0 Å². The lowest BCUT2D eigenvalue weighted by molar-refractivity contribution is -0.143. The third-order valence-corrected chi connectivity index (χ3v) is 2.34. The Morgan fingerprint density at radius 3 is 2.62 bits per heavy atom. The Hall–Kier alpha value is -0.0500. The van der Waals surface area contributed by atoms with Crippen molar-refractivity contribution in [3.8, 4) is 0 Å². The number of alkyl halides is 1. The maximum atomic E-state index is 11.0. The SMILES string of the molecule is CCCCCOC(=O)CCCCBr. The highest BCUT2D eigenvalue weighted by atomic mass is 79.9. The minimum absolute atomic E-state index is 0.0444. The first-order valence-corrected chi connectivity index (χ1v) is 6.15. The second kappa shape index (κ2) is 10.0. The van der Waals surface area contributed by atoms with Crippen LogP contribution in [0.3, 0.4) is 0 Å². The summed E-state index contributed by atoms with van der Waals surface area (Å²) in [4.78, 5) is 11.0. The van der Waals surface area contributed by atoms with Gasteiger partial charge in [0.05, 0.1) is 6.61 Å². The van der Waals surface area contributed by atoms with Crippen LogP contribution < -0.4 is 0 Å². The minimum atomic E-state index is -0.0444. The van der Waals surface area contributed by atoms with Crippen LogP contribution >= 0.6 is 15.9 Å². The standard InChI is InChI=1S/C10H19BrO2/c1-2-3-6-9-13-10(12)7-4-5-8-11/h2-9H2,1H3. The van der Waals surface area contributed by atoms with E-state index in [1.54, 1.807) is 0 Å². The van der Waals surface area contributed by atoms with Crippen molar-refractivity contribution in [3.63, 3.8) is 0 Å². The topological polar surface area (TPSA) is 26.3 Å². The van der Waals surface area contributed by atoms with Crippen molar-refractivity contribution in [1.29, 1.82) is 0 Å². The van der Waals surface area contributed by atoms with E-state index in [4.69, 9.17) is 4.74 Å². The molecule has 0 aliphatic rings. The highest BCUT2D eigenvalue weighted by molar-refractivity contribution is 9.09. The molecular formula is C10H19BrO2. The molecule has 0 rings (SSSR count). The molecule has 0 aliphatic carbocycles. The Labute approximate surface area is 89.2 Å². The molecule has 0 N–H and O–H groups in total. The average Bonchev–Trinajstić information content (AvgIpc) is 2.13. The summed E-state index contributed by atoms with van der Waals surface area (Å²) in [5, 5.41) is 0.968. The van der Waals surface area contributed by atoms with E-state index in [0.717, 1.165) is 31.0 Å². The monoisotopic (exact) mass is 250 g/mol. The van der Waals surface area contributed by atoms with Crippen LogP contribution in [-0.4, -0.2) is 17.9 Å². The summed E-state index contributed by atoms with van der Waals surface area (Å²) in [5.74, 6) is -0.0444. The summed E-state index contributed by atoms with van der Waals surface area (Å²) >= 11 is 3.32. The zero-order valence-electron chi connectivity index (χ0n) is 8.35. The number of carbonyl (C=O) groups excluding carboxylic acids is 1. The van der Waals surface area contributed by atoms with E-state index in [0.29, 0.717) is 13.0 Å². The van der Waals surface area contributed by atoms with E-state index in [9.17, 15) is 4.79 Å². The van der Waals surface area contributed by atoms with Crippen LogP contribution in [0.5, 0.6) is 0 Å². The van der Waals surface area contributed by atoms with Crippen LogP contribution in [-0.2, 0) is 9.53 Å². The van der Waals surface area contributed by atoms with Crippen molar-refractivity contribution in [2.45, 2.75) is 45.4 Å². The number of hydrogen-bond donors (Lipinski definition) is 0. The molecule has 0 spiro atoms. The fraction of sp³-hybridized carbons (Fsp3) is 0.900. The molecule has 0 radical (unpaired) electrons. The van der Waals surface area contributed by atoms with E-state index < -0.39 is 0 Å². The molecule has 0 saturated carbocycles. The van der Waals surface area contributed by atoms with E-state index in [1.165, 1.54) is 6.42 Å². The number of ether oxygens (including phenoxy) is 1. The van der Waals surface area contributed by atoms with Crippen LogP contribution in [0, 0.1) is 0 Å². The molecule has 0 atom stereocenters. The molecule has 78 valence electrons. The molecule has 0 amide bonds. The van der Waals surface area contributed by atoms with Crippen molar-refractivity contribution in [1.82, 2.24) is 0 Å². The summed E-state index contributed by atoms with van der Waals surface area (Å²) in [7, 11) is 0. The molecule has 3 heteroatoms. The zero-order chi connectivity index (χ0) is 9.94. The molecule has 13 heavy (non-hydrogen) atoms. The third-order valence-electron chi connectivity index (χ3n) is 1.78. The van der Waals surface area contributed by atoms with Gasteiger partial charge in [0, 0.05) is 11.8 Å². The average molecular weight is 251 g/mol. The van der Waals surface area contributed by atoms with Gasteiger partial charge < -0.3 is 4.74 Å². The van der Waals surface area contributed by atoms with E-state index in [2.05, 4.69) is 22.9 Å². The van der Waals surface area contributed by atoms with Gasteiger partial charge in [-0.3, -0.25) is 4.79 Å². The number of carbonyl (C=O) groups is 1. The Morgan fingerprint density at radius 2 is 2.00 bits per heavy atom. The van der Waals surface area contributed by atoms with Crippen LogP contribution in [0.4, 0.5) is 0 Å². The quantitative estimate of drug-likeness (QED) is 0.376. The first-order chi connectivity index (χ1) is 6.31. The number of halogens is 1. The molecular weight excluding hydrogens is 232 g/mol. The third kappa shape index (κ3) is 9.87. The molecule has 0 saturated heterocycles. The molecule has 0 aromatic heterocycles. The number of rotatable bonds is 8. The zero-order valence-corrected chi connectivity index (χ0v) is 9.94. The van der Waals surface area contributed by atoms with Crippen molar-refractivity contribution in [3.05, 3.63) is 0 Å². The van der Waals surface area contributed by atoms with Crippen molar-refractivity contribution >= 4 is 21.9 Å². The lowest BCUT2D eigenvalue weighted by atomic mass is 10.2. The van der Waals surface area contributed by atoms with Crippen LogP contribution in [0.1, 0.15) is 45.4 Å². The highest BCUT2D eigenvalue weighted by Crippen LogP contribution is 2.01. The van der Waals surface area contributed by atoms with Crippen LogP contribution in [0.25, 0.3) is 0 Å². The maximum absolute atomic E-state index is 11.0. The molecule has 0 aromatic rings. The second-order valence-electron chi connectivity index (χ2n) is 3.07. The van der Waals surface area contributed by atoms with Gasteiger partial charge >= 0.3 is 5.97 Å². The maximum Gasteiger partial charge on any atom is 0.305 e. The number of unbranched alkanes of at least 4 members (excludes halogenated alkanes) is 3. The van der Waals surface area contributed by atoms with E-state index in [-0.39, 0.29) is 5.97 Å². The Morgan fingerprint density at radius 1 is 1.23 bits per heavy atom. The summed E-state index contributed by atoms with van der Waals surface area (Å²) < 4.78 is 5.04. The fourth-order valence-electron chi connectivity index (χ4n) is 0.974.